The number of nitrogens with one attached hydrogen (secondary N) is 1. The zero-order chi connectivity index (χ0) is 13.9. The van der Waals surface area contributed by atoms with Gasteiger partial charge in [-0.2, -0.15) is 0 Å². The molecule has 0 unspecified atom stereocenters. The van der Waals surface area contributed by atoms with Crippen LogP contribution >= 0.6 is 0 Å². The Kier molecular flexibility index (Phi) is 3.52. The number of hydrogen-bond donors (Lipinski definition) is 2. The summed E-state index contributed by atoms with van der Waals surface area (Å²) in [6.45, 7) is 1.06. The van der Waals surface area contributed by atoms with Gasteiger partial charge in [-0.25, -0.2) is 4.79 Å². The molecule has 1 aliphatic rings. The van der Waals surface area contributed by atoms with E-state index in [0.29, 0.717) is 11.6 Å². The van der Waals surface area contributed by atoms with Gasteiger partial charge in [0, 0.05) is 6.04 Å². The highest BCUT2D eigenvalue weighted by Crippen LogP contribution is 2.29. The first-order valence-electron chi connectivity index (χ1n) is 6.92. The second-order valence-corrected chi connectivity index (χ2v) is 5.13. The van der Waals surface area contributed by atoms with E-state index >= 15 is 0 Å². The lowest BCUT2D eigenvalue weighted by molar-refractivity contribution is 0.0697. The molecule has 3 nitrogen and oxygen atoms in total. The first-order chi connectivity index (χ1) is 9.75. The van der Waals surface area contributed by atoms with E-state index in [4.69, 9.17) is 0 Å². The van der Waals surface area contributed by atoms with Crippen molar-refractivity contribution in [3.05, 3.63) is 59.7 Å². The number of carbonyl (C=O) groups is 1. The van der Waals surface area contributed by atoms with Crippen molar-refractivity contribution in [3.63, 3.8) is 0 Å². The Hall–Kier alpha value is -2.13. The molecule has 1 heterocycles. The largest absolute Gasteiger partial charge is 0.478 e. The van der Waals surface area contributed by atoms with E-state index in [1.54, 1.807) is 12.1 Å². The van der Waals surface area contributed by atoms with E-state index in [-0.39, 0.29) is 0 Å². The molecule has 0 spiro atoms. The molecule has 0 aromatic heterocycles. The van der Waals surface area contributed by atoms with Crippen molar-refractivity contribution >= 4 is 5.97 Å². The summed E-state index contributed by atoms with van der Waals surface area (Å²) in [7, 11) is 0. The van der Waals surface area contributed by atoms with Crippen LogP contribution in [0.4, 0.5) is 0 Å². The molecule has 20 heavy (non-hydrogen) atoms. The third-order valence-corrected chi connectivity index (χ3v) is 3.82. The van der Waals surface area contributed by atoms with Gasteiger partial charge in [-0.05, 0) is 48.2 Å². The van der Waals surface area contributed by atoms with E-state index in [2.05, 4.69) is 17.4 Å². The summed E-state index contributed by atoms with van der Waals surface area (Å²) < 4.78 is 0. The Morgan fingerprint density at radius 3 is 2.75 bits per heavy atom. The predicted molar refractivity (Wildman–Crippen MR) is 78.8 cm³/mol. The van der Waals surface area contributed by atoms with E-state index in [0.717, 1.165) is 24.1 Å². The molecule has 0 aliphatic carbocycles. The highest BCUT2D eigenvalue weighted by atomic mass is 16.4. The second kappa shape index (κ2) is 5.47. The average molecular weight is 267 g/mol. The molecule has 102 valence electrons. The minimum absolute atomic E-state index is 0.351. The zero-order valence-corrected chi connectivity index (χ0v) is 11.2. The Labute approximate surface area is 118 Å². The van der Waals surface area contributed by atoms with Crippen LogP contribution in [-0.2, 0) is 0 Å². The Morgan fingerprint density at radius 2 is 2.00 bits per heavy atom. The molecule has 3 rings (SSSR count). The smallest absolute Gasteiger partial charge is 0.336 e. The maximum atomic E-state index is 11.3. The molecular weight excluding hydrogens is 250 g/mol. The van der Waals surface area contributed by atoms with Gasteiger partial charge in [-0.1, -0.05) is 36.4 Å². The average Bonchev–Trinajstić information content (AvgIpc) is 3.01. The Balaban J connectivity index is 2.02. The van der Waals surface area contributed by atoms with Crippen LogP contribution < -0.4 is 5.32 Å². The third-order valence-electron chi connectivity index (χ3n) is 3.82. The van der Waals surface area contributed by atoms with Gasteiger partial charge in [0.25, 0.3) is 0 Å². The van der Waals surface area contributed by atoms with Crippen LogP contribution in [-0.4, -0.2) is 17.6 Å². The van der Waals surface area contributed by atoms with Crippen LogP contribution in [0.1, 0.15) is 34.8 Å². The quantitative estimate of drug-likeness (QED) is 0.895. The lowest BCUT2D eigenvalue weighted by Gasteiger charge is -2.13. The molecule has 1 aliphatic heterocycles. The lowest BCUT2D eigenvalue weighted by atomic mass is 9.95. The van der Waals surface area contributed by atoms with Gasteiger partial charge in [-0.3, -0.25) is 0 Å². The Morgan fingerprint density at radius 1 is 1.15 bits per heavy atom. The van der Waals surface area contributed by atoms with Crippen molar-refractivity contribution < 1.29 is 9.90 Å². The van der Waals surface area contributed by atoms with Gasteiger partial charge in [-0.15, -0.1) is 0 Å². The van der Waals surface area contributed by atoms with Crippen molar-refractivity contribution in [2.45, 2.75) is 18.9 Å². The summed E-state index contributed by atoms with van der Waals surface area (Å²) >= 11 is 0. The van der Waals surface area contributed by atoms with Crippen LogP contribution in [0.5, 0.6) is 0 Å². The van der Waals surface area contributed by atoms with E-state index < -0.39 is 5.97 Å². The fourth-order valence-electron chi connectivity index (χ4n) is 2.81. The van der Waals surface area contributed by atoms with Gasteiger partial charge in [0.05, 0.1) is 5.56 Å². The van der Waals surface area contributed by atoms with Crippen molar-refractivity contribution in [2.24, 2.45) is 0 Å². The minimum Gasteiger partial charge on any atom is -0.478 e. The standard InChI is InChI=1S/C17H17NO2/c19-17(20)15-8-2-1-7-14(15)12-5-3-6-13(11-12)16-9-4-10-18-16/h1-3,5-8,11,16,18H,4,9-10H2,(H,19,20)/t16-/m0/s1. The van der Waals surface area contributed by atoms with Gasteiger partial charge in [0.2, 0.25) is 0 Å². The van der Waals surface area contributed by atoms with Crippen molar-refractivity contribution in [1.82, 2.24) is 5.32 Å². The van der Waals surface area contributed by atoms with Crippen LogP contribution in [0.3, 0.4) is 0 Å². The van der Waals surface area contributed by atoms with Gasteiger partial charge < -0.3 is 10.4 Å². The maximum Gasteiger partial charge on any atom is 0.336 e. The van der Waals surface area contributed by atoms with Gasteiger partial charge in [0.1, 0.15) is 0 Å². The number of carboxylic acid groups (broad SMARTS) is 1. The number of benzene rings is 2. The molecule has 2 aromatic rings. The van der Waals surface area contributed by atoms with Crippen molar-refractivity contribution in [3.8, 4) is 11.1 Å². The summed E-state index contributed by atoms with van der Waals surface area (Å²) in [6, 6.07) is 15.7. The molecule has 0 bridgehead atoms. The zero-order valence-electron chi connectivity index (χ0n) is 11.2. The molecule has 2 aromatic carbocycles. The molecule has 1 atom stereocenters. The number of rotatable bonds is 3. The third kappa shape index (κ3) is 2.45. The molecule has 0 amide bonds. The van der Waals surface area contributed by atoms with Crippen LogP contribution in [0.2, 0.25) is 0 Å². The number of hydrogen-bond acceptors (Lipinski definition) is 2. The predicted octanol–water partition coefficient (Wildman–Crippen LogP) is 3.48. The second-order valence-electron chi connectivity index (χ2n) is 5.13. The topological polar surface area (TPSA) is 49.3 Å². The van der Waals surface area contributed by atoms with Gasteiger partial charge >= 0.3 is 5.97 Å². The van der Waals surface area contributed by atoms with Crippen LogP contribution in [0, 0.1) is 0 Å². The lowest BCUT2D eigenvalue weighted by Crippen LogP contribution is -2.12. The van der Waals surface area contributed by atoms with Crippen molar-refractivity contribution in [2.75, 3.05) is 6.54 Å². The minimum atomic E-state index is -0.884. The molecular formula is C17H17NO2. The Bertz CT molecular complexity index is 630. The SMILES string of the molecule is O=C(O)c1ccccc1-c1cccc([C@@H]2CCCN2)c1. The molecule has 1 saturated heterocycles. The summed E-state index contributed by atoms with van der Waals surface area (Å²) in [5.74, 6) is -0.884. The highest BCUT2D eigenvalue weighted by molar-refractivity contribution is 5.96. The first kappa shape index (κ1) is 12.9. The van der Waals surface area contributed by atoms with Crippen molar-refractivity contribution in [1.29, 1.82) is 0 Å². The summed E-state index contributed by atoms with van der Waals surface area (Å²) in [6.07, 6.45) is 2.34. The monoisotopic (exact) mass is 267 g/mol. The molecule has 2 N–H and O–H groups in total. The fraction of sp³-hybridized carbons (Fsp3) is 0.235. The first-order valence-corrected chi connectivity index (χ1v) is 6.92. The maximum absolute atomic E-state index is 11.3. The fourth-order valence-corrected chi connectivity index (χ4v) is 2.81. The van der Waals surface area contributed by atoms with Gasteiger partial charge in [0.15, 0.2) is 0 Å². The normalized spacial score (nSPS) is 18.1. The molecule has 0 radical (unpaired) electrons. The van der Waals surface area contributed by atoms with Crippen LogP contribution in [0.25, 0.3) is 11.1 Å². The number of carboxylic acids is 1. The summed E-state index contributed by atoms with van der Waals surface area (Å²) in [5.41, 5.74) is 3.33. The summed E-state index contributed by atoms with van der Waals surface area (Å²) in [4.78, 5) is 11.3. The van der Waals surface area contributed by atoms with E-state index in [9.17, 15) is 9.90 Å². The highest BCUT2D eigenvalue weighted by Gasteiger charge is 2.17. The van der Waals surface area contributed by atoms with E-state index in [1.165, 1.54) is 12.0 Å². The molecule has 3 heteroatoms. The number of aromatic carboxylic acids is 1. The van der Waals surface area contributed by atoms with E-state index in [1.807, 2.05) is 24.3 Å². The molecule has 1 fully saturated rings. The van der Waals surface area contributed by atoms with Crippen LogP contribution in [0.15, 0.2) is 48.5 Å². The summed E-state index contributed by atoms with van der Waals surface area (Å²) in [5, 5.41) is 12.8. The molecule has 0 saturated carbocycles.